The summed E-state index contributed by atoms with van der Waals surface area (Å²) in [6.45, 7) is 9.09. The van der Waals surface area contributed by atoms with Crippen molar-refractivity contribution in [1.29, 1.82) is 0 Å². The van der Waals surface area contributed by atoms with Crippen LogP contribution in [-0.4, -0.2) is 49.1 Å². The predicted octanol–water partition coefficient (Wildman–Crippen LogP) is 1.04. The third-order valence-electron chi connectivity index (χ3n) is 3.63. The van der Waals surface area contributed by atoms with Crippen molar-refractivity contribution >= 4 is 9.84 Å². The van der Waals surface area contributed by atoms with Crippen LogP contribution in [0.3, 0.4) is 0 Å². The number of hydrogen-bond acceptors (Lipinski definition) is 6. The average Bonchev–Trinajstić information content (AvgIpc) is 2.79. The van der Waals surface area contributed by atoms with E-state index >= 15 is 0 Å². The van der Waals surface area contributed by atoms with Gasteiger partial charge in [-0.25, -0.2) is 8.42 Å². The van der Waals surface area contributed by atoms with Crippen LogP contribution < -0.4 is 5.32 Å². The van der Waals surface area contributed by atoms with E-state index in [1.807, 2.05) is 13.0 Å². The molecule has 1 fully saturated rings. The van der Waals surface area contributed by atoms with Crippen LogP contribution in [0.25, 0.3) is 0 Å². The van der Waals surface area contributed by atoms with E-state index in [1.165, 1.54) is 0 Å². The normalized spacial score (nSPS) is 22.8. The Hall–Kier alpha value is -0.920. The maximum atomic E-state index is 11.6. The summed E-state index contributed by atoms with van der Waals surface area (Å²) in [5, 5.41) is 7.37. The van der Waals surface area contributed by atoms with Crippen LogP contribution in [0.4, 0.5) is 0 Å². The van der Waals surface area contributed by atoms with Crippen molar-refractivity contribution in [1.82, 2.24) is 15.4 Å². The van der Waals surface area contributed by atoms with E-state index in [9.17, 15) is 8.42 Å². The Labute approximate surface area is 126 Å². The molecule has 2 heterocycles. The van der Waals surface area contributed by atoms with Gasteiger partial charge in [0.25, 0.3) is 0 Å². The predicted molar refractivity (Wildman–Crippen MR) is 81.6 cm³/mol. The standard InChI is InChI=1S/C14H25N3O3S/c1-11(2)7-15-8-13-6-14(20-16-13)9-17-4-5-21(18,19)10-12(17)3/h6,11-12,15H,4-5,7-10H2,1-3H3. The summed E-state index contributed by atoms with van der Waals surface area (Å²) >= 11 is 0. The highest BCUT2D eigenvalue weighted by Gasteiger charge is 2.28. The van der Waals surface area contributed by atoms with Crippen LogP contribution in [-0.2, 0) is 22.9 Å². The SMILES string of the molecule is CC(C)CNCc1cc(CN2CCS(=O)(=O)CC2C)on1. The van der Waals surface area contributed by atoms with Gasteiger partial charge in [-0.3, -0.25) is 4.90 Å². The molecule has 0 aliphatic carbocycles. The molecule has 6 nitrogen and oxygen atoms in total. The molecule has 1 aromatic rings. The van der Waals surface area contributed by atoms with Crippen LogP contribution in [0, 0.1) is 5.92 Å². The summed E-state index contributed by atoms with van der Waals surface area (Å²) in [6, 6.07) is 1.97. The van der Waals surface area contributed by atoms with Crippen molar-refractivity contribution in [2.24, 2.45) is 5.92 Å². The van der Waals surface area contributed by atoms with E-state index in [4.69, 9.17) is 4.52 Å². The fourth-order valence-electron chi connectivity index (χ4n) is 2.47. The smallest absolute Gasteiger partial charge is 0.153 e. The lowest BCUT2D eigenvalue weighted by Gasteiger charge is -2.32. The van der Waals surface area contributed by atoms with Crippen LogP contribution in [0.15, 0.2) is 10.6 Å². The number of rotatable bonds is 6. The van der Waals surface area contributed by atoms with Gasteiger partial charge in [0.15, 0.2) is 15.6 Å². The van der Waals surface area contributed by atoms with Gasteiger partial charge in [-0.15, -0.1) is 0 Å². The monoisotopic (exact) mass is 315 g/mol. The average molecular weight is 315 g/mol. The molecule has 120 valence electrons. The fourth-order valence-corrected chi connectivity index (χ4v) is 4.10. The first-order chi connectivity index (χ1) is 9.85. The molecule has 0 aromatic carbocycles. The Morgan fingerprint density at radius 3 is 2.95 bits per heavy atom. The van der Waals surface area contributed by atoms with Gasteiger partial charge in [-0.2, -0.15) is 0 Å². The summed E-state index contributed by atoms with van der Waals surface area (Å²) in [6.07, 6.45) is 0. The van der Waals surface area contributed by atoms with Crippen LogP contribution in [0.1, 0.15) is 32.2 Å². The van der Waals surface area contributed by atoms with Crippen LogP contribution in [0.5, 0.6) is 0 Å². The quantitative estimate of drug-likeness (QED) is 0.845. The van der Waals surface area contributed by atoms with Crippen molar-refractivity contribution in [3.05, 3.63) is 17.5 Å². The molecule has 0 amide bonds. The van der Waals surface area contributed by atoms with Gasteiger partial charge < -0.3 is 9.84 Å². The molecule has 21 heavy (non-hydrogen) atoms. The van der Waals surface area contributed by atoms with Crippen molar-refractivity contribution in [2.75, 3.05) is 24.6 Å². The van der Waals surface area contributed by atoms with Crippen molar-refractivity contribution in [2.45, 2.75) is 39.9 Å². The van der Waals surface area contributed by atoms with Gasteiger partial charge in [0, 0.05) is 25.2 Å². The fraction of sp³-hybridized carbons (Fsp3) is 0.786. The Bertz CT molecular complexity index is 554. The summed E-state index contributed by atoms with van der Waals surface area (Å²) in [4.78, 5) is 2.13. The highest BCUT2D eigenvalue weighted by atomic mass is 32.2. The summed E-state index contributed by atoms with van der Waals surface area (Å²) in [5.41, 5.74) is 0.892. The molecule has 1 atom stereocenters. The number of nitrogens with zero attached hydrogens (tertiary/aromatic N) is 2. The summed E-state index contributed by atoms with van der Waals surface area (Å²) in [5.74, 6) is 1.85. The Kier molecular flexibility index (Phi) is 5.40. The molecule has 2 rings (SSSR count). The zero-order valence-electron chi connectivity index (χ0n) is 13.0. The zero-order valence-corrected chi connectivity index (χ0v) is 13.8. The van der Waals surface area contributed by atoms with Gasteiger partial charge in [-0.1, -0.05) is 19.0 Å². The first kappa shape index (κ1) is 16.5. The molecule has 1 unspecified atom stereocenters. The minimum atomic E-state index is -2.87. The second kappa shape index (κ2) is 6.89. The van der Waals surface area contributed by atoms with Gasteiger partial charge >= 0.3 is 0 Å². The van der Waals surface area contributed by atoms with E-state index in [2.05, 4.69) is 29.2 Å². The molecule has 1 aromatic heterocycles. The second-order valence-corrected chi connectivity index (χ2v) is 8.47. The topological polar surface area (TPSA) is 75.4 Å². The molecule has 1 aliphatic rings. The molecule has 0 saturated carbocycles. The lowest BCUT2D eigenvalue weighted by atomic mass is 10.2. The summed E-state index contributed by atoms with van der Waals surface area (Å²) < 4.78 is 28.5. The van der Waals surface area contributed by atoms with Gasteiger partial charge in [0.05, 0.1) is 23.7 Å². The third kappa shape index (κ3) is 5.09. The van der Waals surface area contributed by atoms with Crippen LogP contribution >= 0.6 is 0 Å². The third-order valence-corrected chi connectivity index (χ3v) is 5.43. The molecule has 1 aliphatic heterocycles. The largest absolute Gasteiger partial charge is 0.360 e. The molecular weight excluding hydrogens is 290 g/mol. The van der Waals surface area contributed by atoms with E-state index < -0.39 is 9.84 Å². The minimum Gasteiger partial charge on any atom is -0.360 e. The Balaban J connectivity index is 1.85. The number of nitrogens with one attached hydrogen (secondary N) is 1. The second-order valence-electron chi connectivity index (χ2n) is 6.24. The van der Waals surface area contributed by atoms with Crippen molar-refractivity contribution < 1.29 is 12.9 Å². The molecule has 1 N–H and O–H groups in total. The zero-order chi connectivity index (χ0) is 15.5. The van der Waals surface area contributed by atoms with Gasteiger partial charge in [-0.05, 0) is 19.4 Å². The van der Waals surface area contributed by atoms with E-state index in [-0.39, 0.29) is 17.5 Å². The van der Waals surface area contributed by atoms with Crippen molar-refractivity contribution in [3.63, 3.8) is 0 Å². The van der Waals surface area contributed by atoms with Gasteiger partial charge in [0.2, 0.25) is 0 Å². The Morgan fingerprint density at radius 2 is 2.29 bits per heavy atom. The van der Waals surface area contributed by atoms with Gasteiger partial charge in [0.1, 0.15) is 0 Å². The molecule has 0 radical (unpaired) electrons. The first-order valence-corrected chi connectivity index (χ1v) is 9.27. The molecule has 0 spiro atoms. The molecular formula is C14H25N3O3S. The highest BCUT2D eigenvalue weighted by Crippen LogP contribution is 2.15. The van der Waals surface area contributed by atoms with E-state index in [0.717, 1.165) is 18.0 Å². The molecule has 7 heteroatoms. The lowest BCUT2D eigenvalue weighted by Crippen LogP contribution is -2.46. The minimum absolute atomic E-state index is 0.0244. The highest BCUT2D eigenvalue weighted by molar-refractivity contribution is 7.91. The molecule has 0 bridgehead atoms. The number of aromatic nitrogens is 1. The molecule has 1 saturated heterocycles. The van der Waals surface area contributed by atoms with Crippen LogP contribution in [0.2, 0.25) is 0 Å². The Morgan fingerprint density at radius 1 is 1.52 bits per heavy atom. The van der Waals surface area contributed by atoms with Crippen molar-refractivity contribution in [3.8, 4) is 0 Å². The first-order valence-electron chi connectivity index (χ1n) is 7.45. The van der Waals surface area contributed by atoms with E-state index in [0.29, 0.717) is 25.6 Å². The summed E-state index contributed by atoms with van der Waals surface area (Å²) in [7, 11) is -2.87. The maximum absolute atomic E-state index is 11.6. The maximum Gasteiger partial charge on any atom is 0.153 e. The number of hydrogen-bond donors (Lipinski definition) is 1. The van der Waals surface area contributed by atoms with E-state index in [1.54, 1.807) is 0 Å². The lowest BCUT2D eigenvalue weighted by molar-refractivity contribution is 0.193. The number of sulfone groups is 1.